The van der Waals surface area contributed by atoms with Gasteiger partial charge in [-0.15, -0.1) is 0 Å². The highest BCUT2D eigenvalue weighted by Crippen LogP contribution is 2.32. The molecule has 142 valence electrons. The van der Waals surface area contributed by atoms with E-state index in [0.29, 0.717) is 17.9 Å². The second kappa shape index (κ2) is 7.55. The predicted octanol–water partition coefficient (Wildman–Crippen LogP) is 4.62. The van der Waals surface area contributed by atoms with Crippen LogP contribution in [0.5, 0.6) is 5.75 Å². The lowest BCUT2D eigenvalue weighted by Gasteiger charge is -2.20. The number of Topliss-reactive ketones (excluding diaryl/α,β-unsaturated/α-hetero) is 1. The Labute approximate surface area is 160 Å². The molecule has 1 aliphatic rings. The minimum absolute atomic E-state index is 0.0172. The summed E-state index contributed by atoms with van der Waals surface area (Å²) in [5.74, 6) is 0.474. The van der Waals surface area contributed by atoms with E-state index < -0.39 is 0 Å². The largest absolute Gasteiger partial charge is 0.482 e. The predicted molar refractivity (Wildman–Crippen MR) is 107 cm³/mol. The summed E-state index contributed by atoms with van der Waals surface area (Å²) in [6.07, 6.45) is 1.25. The number of ketones is 1. The first-order valence-electron chi connectivity index (χ1n) is 9.43. The van der Waals surface area contributed by atoms with Crippen molar-refractivity contribution >= 4 is 17.4 Å². The summed E-state index contributed by atoms with van der Waals surface area (Å²) in [6.45, 7) is 8.53. The maximum Gasteiger partial charge on any atom is 0.262 e. The van der Waals surface area contributed by atoms with Crippen LogP contribution in [-0.4, -0.2) is 18.3 Å². The molecule has 1 unspecified atom stereocenters. The van der Waals surface area contributed by atoms with Gasteiger partial charge >= 0.3 is 0 Å². The molecule has 0 aromatic heterocycles. The van der Waals surface area contributed by atoms with Gasteiger partial charge in [0.25, 0.3) is 5.91 Å². The van der Waals surface area contributed by atoms with Gasteiger partial charge in [-0.05, 0) is 40.7 Å². The average Bonchev–Trinajstić information content (AvgIpc) is 2.64. The second-order valence-electron chi connectivity index (χ2n) is 8.23. The van der Waals surface area contributed by atoms with E-state index in [2.05, 4.69) is 50.4 Å². The Kier molecular flexibility index (Phi) is 5.36. The summed E-state index contributed by atoms with van der Waals surface area (Å²) >= 11 is 0. The number of fused-ring (bicyclic) bond motifs is 1. The van der Waals surface area contributed by atoms with E-state index in [0.717, 1.165) is 12.0 Å². The van der Waals surface area contributed by atoms with Crippen molar-refractivity contribution in [2.45, 2.75) is 51.9 Å². The fraction of sp³-hybridized carbons (Fsp3) is 0.391. The van der Waals surface area contributed by atoms with Crippen molar-refractivity contribution in [2.75, 3.05) is 11.9 Å². The van der Waals surface area contributed by atoms with E-state index in [1.807, 2.05) is 19.1 Å². The third-order valence-electron chi connectivity index (χ3n) is 5.10. The molecule has 4 heteroatoms. The van der Waals surface area contributed by atoms with E-state index in [1.54, 1.807) is 6.07 Å². The van der Waals surface area contributed by atoms with Gasteiger partial charge in [0.15, 0.2) is 6.61 Å². The number of nitrogens with one attached hydrogen (secondary N) is 1. The standard InChI is InChI=1S/C23H27NO3/c1-15(17-8-11-19-21(13-17)27-14-22(26)24-19)20(25)12-7-16-5-9-18(10-6-16)23(2,3)4/h5-6,8-11,13,15H,7,12,14H2,1-4H3,(H,24,26). The van der Waals surface area contributed by atoms with Gasteiger partial charge < -0.3 is 10.1 Å². The Morgan fingerprint density at radius 3 is 2.52 bits per heavy atom. The van der Waals surface area contributed by atoms with Crippen LogP contribution < -0.4 is 10.1 Å². The molecule has 1 aliphatic heterocycles. The number of carbonyl (C=O) groups is 2. The molecule has 27 heavy (non-hydrogen) atoms. The van der Waals surface area contributed by atoms with Crippen molar-refractivity contribution in [1.29, 1.82) is 0 Å². The molecule has 2 aromatic rings. The van der Waals surface area contributed by atoms with Crippen molar-refractivity contribution in [3.05, 3.63) is 59.2 Å². The molecule has 0 radical (unpaired) electrons. The number of rotatable bonds is 5. The van der Waals surface area contributed by atoms with Gasteiger partial charge in [-0.1, -0.05) is 58.0 Å². The van der Waals surface area contributed by atoms with E-state index in [-0.39, 0.29) is 29.6 Å². The Bertz CT molecular complexity index is 847. The van der Waals surface area contributed by atoms with Crippen LogP contribution in [-0.2, 0) is 21.4 Å². The van der Waals surface area contributed by atoms with E-state index in [1.165, 1.54) is 11.1 Å². The van der Waals surface area contributed by atoms with Crippen molar-refractivity contribution in [2.24, 2.45) is 0 Å². The van der Waals surface area contributed by atoms with Crippen LogP contribution in [0.1, 0.15) is 56.7 Å². The minimum Gasteiger partial charge on any atom is -0.482 e. The van der Waals surface area contributed by atoms with Crippen LogP contribution in [0, 0.1) is 0 Å². The smallest absolute Gasteiger partial charge is 0.262 e. The molecule has 0 spiro atoms. The van der Waals surface area contributed by atoms with Crippen LogP contribution >= 0.6 is 0 Å². The van der Waals surface area contributed by atoms with Crippen LogP contribution in [0.3, 0.4) is 0 Å². The number of aryl methyl sites for hydroxylation is 1. The first-order valence-corrected chi connectivity index (χ1v) is 9.43. The molecule has 2 aromatic carbocycles. The zero-order chi connectivity index (χ0) is 19.6. The van der Waals surface area contributed by atoms with Crippen molar-refractivity contribution in [1.82, 2.24) is 0 Å². The van der Waals surface area contributed by atoms with Crippen molar-refractivity contribution in [3.63, 3.8) is 0 Å². The molecule has 0 aliphatic carbocycles. The molecule has 3 rings (SSSR count). The second-order valence-corrected chi connectivity index (χ2v) is 8.23. The number of amides is 1. The lowest BCUT2D eigenvalue weighted by molar-refractivity contribution is -0.120. The quantitative estimate of drug-likeness (QED) is 0.841. The third-order valence-corrected chi connectivity index (χ3v) is 5.10. The summed E-state index contributed by atoms with van der Waals surface area (Å²) < 4.78 is 5.45. The Balaban J connectivity index is 1.62. The Morgan fingerprint density at radius 1 is 1.15 bits per heavy atom. The van der Waals surface area contributed by atoms with Crippen LogP contribution in [0.25, 0.3) is 0 Å². The molecule has 0 saturated carbocycles. The van der Waals surface area contributed by atoms with Gasteiger partial charge in [0.2, 0.25) is 0 Å². The molecule has 1 atom stereocenters. The van der Waals surface area contributed by atoms with E-state index >= 15 is 0 Å². The number of hydrogen-bond donors (Lipinski definition) is 1. The van der Waals surface area contributed by atoms with Gasteiger partial charge in [-0.3, -0.25) is 9.59 Å². The maximum absolute atomic E-state index is 12.7. The van der Waals surface area contributed by atoms with Gasteiger partial charge in [0, 0.05) is 12.3 Å². The summed E-state index contributed by atoms with van der Waals surface area (Å²) in [7, 11) is 0. The molecular weight excluding hydrogens is 338 g/mol. The number of hydrogen-bond acceptors (Lipinski definition) is 3. The zero-order valence-electron chi connectivity index (χ0n) is 16.5. The number of anilines is 1. The summed E-state index contributed by atoms with van der Waals surface area (Å²) in [6, 6.07) is 14.1. The van der Waals surface area contributed by atoms with Gasteiger partial charge in [-0.25, -0.2) is 0 Å². The lowest BCUT2D eigenvalue weighted by atomic mass is 9.86. The number of carbonyl (C=O) groups excluding carboxylic acids is 2. The summed E-state index contributed by atoms with van der Waals surface area (Å²) in [5, 5.41) is 2.77. The molecular formula is C23H27NO3. The molecule has 0 saturated heterocycles. The van der Waals surface area contributed by atoms with Gasteiger partial charge in [0.1, 0.15) is 11.5 Å². The Hall–Kier alpha value is -2.62. The van der Waals surface area contributed by atoms with Crippen LogP contribution in [0.2, 0.25) is 0 Å². The van der Waals surface area contributed by atoms with E-state index in [4.69, 9.17) is 4.74 Å². The molecule has 1 N–H and O–H groups in total. The summed E-state index contributed by atoms with van der Waals surface area (Å²) in [4.78, 5) is 24.0. The average molecular weight is 365 g/mol. The first-order chi connectivity index (χ1) is 12.7. The highest BCUT2D eigenvalue weighted by Gasteiger charge is 2.20. The monoisotopic (exact) mass is 365 g/mol. The van der Waals surface area contributed by atoms with Crippen molar-refractivity contribution < 1.29 is 14.3 Å². The number of benzene rings is 2. The minimum atomic E-state index is -0.203. The first kappa shape index (κ1) is 19.2. The molecule has 1 amide bonds. The highest BCUT2D eigenvalue weighted by atomic mass is 16.5. The summed E-state index contributed by atoms with van der Waals surface area (Å²) in [5.41, 5.74) is 4.19. The number of ether oxygens (including phenoxy) is 1. The van der Waals surface area contributed by atoms with Gasteiger partial charge in [0.05, 0.1) is 5.69 Å². The van der Waals surface area contributed by atoms with Gasteiger partial charge in [-0.2, -0.15) is 0 Å². The third kappa shape index (κ3) is 4.57. The fourth-order valence-corrected chi connectivity index (χ4v) is 3.20. The molecule has 0 fully saturated rings. The lowest BCUT2D eigenvalue weighted by Crippen LogP contribution is -2.25. The Morgan fingerprint density at radius 2 is 1.85 bits per heavy atom. The van der Waals surface area contributed by atoms with Crippen LogP contribution in [0.4, 0.5) is 5.69 Å². The highest BCUT2D eigenvalue weighted by molar-refractivity contribution is 5.95. The van der Waals surface area contributed by atoms with E-state index in [9.17, 15) is 9.59 Å². The molecule has 4 nitrogen and oxygen atoms in total. The topological polar surface area (TPSA) is 55.4 Å². The molecule has 1 heterocycles. The SMILES string of the molecule is CC(C(=O)CCc1ccc(C(C)(C)C)cc1)c1ccc2c(c1)OCC(=O)N2. The fourth-order valence-electron chi connectivity index (χ4n) is 3.20. The normalized spacial score (nSPS) is 14.7. The molecule has 0 bridgehead atoms. The zero-order valence-corrected chi connectivity index (χ0v) is 16.5. The maximum atomic E-state index is 12.7. The van der Waals surface area contributed by atoms with Crippen molar-refractivity contribution in [3.8, 4) is 5.75 Å². The van der Waals surface area contributed by atoms with Crippen LogP contribution in [0.15, 0.2) is 42.5 Å².